The number of aromatic nitrogens is 3. The maximum atomic E-state index is 15.1. The van der Waals surface area contributed by atoms with E-state index in [1.807, 2.05) is 33.8 Å². The van der Waals surface area contributed by atoms with Crippen LogP contribution in [0.25, 0.3) is 22.0 Å². The molecule has 4 aromatic rings. The minimum Gasteiger partial charge on any atom is -0.444 e. The maximum Gasteiger partial charge on any atom is 0.410 e. The monoisotopic (exact) mass is 679 g/mol. The minimum absolute atomic E-state index is 0.0256. The summed E-state index contributed by atoms with van der Waals surface area (Å²) in [6, 6.07) is 11.3. The Morgan fingerprint density at radius 2 is 1.85 bits per heavy atom. The Morgan fingerprint density at radius 3 is 2.60 bits per heavy atom. The van der Waals surface area contributed by atoms with Gasteiger partial charge in [-0.25, -0.2) is 36.9 Å². The first-order chi connectivity index (χ1) is 22.7. The van der Waals surface area contributed by atoms with Crippen molar-refractivity contribution < 1.29 is 31.5 Å². The van der Waals surface area contributed by atoms with Crippen LogP contribution in [0.15, 0.2) is 54.9 Å². The number of rotatable bonds is 9. The highest BCUT2D eigenvalue weighted by Crippen LogP contribution is 2.42. The first-order valence-electron chi connectivity index (χ1n) is 16.0. The molecule has 0 unspecified atom stereocenters. The van der Waals surface area contributed by atoms with Crippen molar-refractivity contribution in [3.8, 4) is 22.9 Å². The van der Waals surface area contributed by atoms with Gasteiger partial charge in [0.05, 0.1) is 22.8 Å². The SMILES string of the molecule is Cc1ccc2c(CS(=O)(=O)CC3(F)CC3)c(F)ccc2c1Oc1ncccc1-c1ccnc(N[C@H]2CCCN(C(=O)OC(C)(C)C)C2)n1. The van der Waals surface area contributed by atoms with E-state index in [0.717, 1.165) is 18.4 Å². The summed E-state index contributed by atoms with van der Waals surface area (Å²) in [7, 11) is -3.91. The molecule has 3 heterocycles. The van der Waals surface area contributed by atoms with Gasteiger partial charge in [0.25, 0.3) is 0 Å². The van der Waals surface area contributed by atoms with E-state index >= 15 is 4.39 Å². The second kappa shape index (κ2) is 12.9. The lowest BCUT2D eigenvalue weighted by molar-refractivity contribution is 0.0206. The van der Waals surface area contributed by atoms with E-state index in [1.54, 1.807) is 47.6 Å². The number of hydrogen-bond donors (Lipinski definition) is 1. The number of anilines is 1. The third kappa shape index (κ3) is 7.83. The normalized spacial score (nSPS) is 17.6. The molecule has 1 atom stereocenters. The van der Waals surface area contributed by atoms with Gasteiger partial charge in [-0.15, -0.1) is 0 Å². The van der Waals surface area contributed by atoms with Crippen LogP contribution >= 0.6 is 0 Å². The Morgan fingerprint density at radius 1 is 1.08 bits per heavy atom. The van der Waals surface area contributed by atoms with E-state index in [0.29, 0.717) is 46.8 Å². The number of ether oxygens (including phenoxy) is 2. The Hall–Kier alpha value is -4.39. The number of piperidine rings is 1. The zero-order valence-electron chi connectivity index (χ0n) is 27.4. The lowest BCUT2D eigenvalue weighted by atomic mass is 10.0. The molecular formula is C35H39F2N5O5S. The van der Waals surface area contributed by atoms with Crippen LogP contribution in [-0.2, 0) is 20.3 Å². The third-order valence-corrected chi connectivity index (χ3v) is 10.0. The van der Waals surface area contributed by atoms with Crippen molar-refractivity contribution >= 4 is 32.7 Å². The third-order valence-electron chi connectivity index (χ3n) is 8.35. The molecule has 1 N–H and O–H groups in total. The molecule has 1 saturated heterocycles. The fraction of sp³-hybridized carbons (Fsp3) is 0.429. The molecule has 10 nitrogen and oxygen atoms in total. The van der Waals surface area contributed by atoms with Crippen molar-refractivity contribution in [1.29, 1.82) is 0 Å². The molecule has 0 spiro atoms. The van der Waals surface area contributed by atoms with Gasteiger partial charge < -0.3 is 19.7 Å². The lowest BCUT2D eigenvalue weighted by Gasteiger charge is -2.34. The Kier molecular flexibility index (Phi) is 9.01. The van der Waals surface area contributed by atoms with Gasteiger partial charge in [-0.2, -0.15) is 0 Å². The number of pyridine rings is 1. The van der Waals surface area contributed by atoms with Crippen LogP contribution in [0.5, 0.6) is 11.6 Å². The molecular weight excluding hydrogens is 640 g/mol. The summed E-state index contributed by atoms with van der Waals surface area (Å²) in [5.74, 6) is -0.934. The highest BCUT2D eigenvalue weighted by molar-refractivity contribution is 7.90. The molecule has 48 heavy (non-hydrogen) atoms. The van der Waals surface area contributed by atoms with Crippen molar-refractivity contribution in [2.75, 3.05) is 24.2 Å². The average Bonchev–Trinajstić information content (AvgIpc) is 3.74. The maximum absolute atomic E-state index is 15.1. The van der Waals surface area contributed by atoms with Crippen molar-refractivity contribution in [3.63, 3.8) is 0 Å². The van der Waals surface area contributed by atoms with Crippen molar-refractivity contribution in [2.24, 2.45) is 0 Å². The number of carbonyl (C=O) groups is 1. The number of carbonyl (C=O) groups excluding carboxylic acids is 1. The predicted molar refractivity (Wildman–Crippen MR) is 179 cm³/mol. The molecule has 1 aliphatic heterocycles. The predicted octanol–water partition coefficient (Wildman–Crippen LogP) is 7.16. The number of sulfone groups is 1. The molecule has 1 aliphatic carbocycles. The number of alkyl halides is 1. The second-order valence-corrected chi connectivity index (χ2v) is 15.7. The summed E-state index contributed by atoms with van der Waals surface area (Å²) in [6.45, 7) is 8.40. The summed E-state index contributed by atoms with van der Waals surface area (Å²) in [5, 5.41) is 4.21. The molecule has 2 aliphatic rings. The summed E-state index contributed by atoms with van der Waals surface area (Å²) in [4.78, 5) is 28.0. The average molecular weight is 680 g/mol. The Bertz CT molecular complexity index is 1960. The molecule has 2 aromatic carbocycles. The zero-order chi connectivity index (χ0) is 34.3. The Labute approximate surface area is 278 Å². The minimum atomic E-state index is -3.91. The van der Waals surface area contributed by atoms with E-state index in [4.69, 9.17) is 14.5 Å². The van der Waals surface area contributed by atoms with E-state index in [9.17, 15) is 17.6 Å². The quantitative estimate of drug-likeness (QED) is 0.196. The van der Waals surface area contributed by atoms with Crippen LogP contribution in [0, 0.1) is 12.7 Å². The molecule has 2 aromatic heterocycles. The molecule has 1 saturated carbocycles. The number of benzene rings is 2. The molecule has 0 radical (unpaired) electrons. The summed E-state index contributed by atoms with van der Waals surface area (Å²) >= 11 is 0. The van der Waals surface area contributed by atoms with Gasteiger partial charge in [-0.05, 0) is 94.7 Å². The lowest BCUT2D eigenvalue weighted by Crippen LogP contribution is -2.47. The molecule has 13 heteroatoms. The van der Waals surface area contributed by atoms with Gasteiger partial charge in [0, 0.05) is 42.5 Å². The highest BCUT2D eigenvalue weighted by atomic mass is 32.2. The van der Waals surface area contributed by atoms with Gasteiger partial charge in [-0.3, -0.25) is 0 Å². The number of halogens is 2. The van der Waals surface area contributed by atoms with Gasteiger partial charge in [0.2, 0.25) is 11.8 Å². The van der Waals surface area contributed by atoms with E-state index in [2.05, 4.69) is 15.3 Å². The number of aryl methyl sites for hydroxylation is 1. The second-order valence-electron chi connectivity index (χ2n) is 13.6. The van der Waals surface area contributed by atoms with E-state index in [1.165, 1.54) is 6.07 Å². The first-order valence-corrected chi connectivity index (χ1v) is 17.8. The molecule has 2 fully saturated rings. The fourth-order valence-corrected chi connectivity index (χ4v) is 7.77. The van der Waals surface area contributed by atoms with E-state index in [-0.39, 0.29) is 36.4 Å². The van der Waals surface area contributed by atoms with Gasteiger partial charge in [0.15, 0.2) is 9.84 Å². The number of fused-ring (bicyclic) bond motifs is 1. The van der Waals surface area contributed by atoms with Crippen LogP contribution in [0.4, 0.5) is 19.5 Å². The van der Waals surface area contributed by atoms with Gasteiger partial charge >= 0.3 is 6.09 Å². The number of likely N-dealkylation sites (tertiary alicyclic amines) is 1. The molecule has 6 rings (SSSR count). The summed E-state index contributed by atoms with van der Waals surface area (Å²) < 4.78 is 67.1. The summed E-state index contributed by atoms with van der Waals surface area (Å²) in [5.41, 5.74) is -0.503. The number of amides is 1. The first kappa shape index (κ1) is 33.5. The van der Waals surface area contributed by atoms with Crippen molar-refractivity contribution in [3.05, 3.63) is 71.8 Å². The standard InChI is InChI=1S/C35H39F2N5O5S/c1-22-9-10-24-25(11-12-28(36)27(24)20-48(44,45)21-35(37)14-15-35)30(22)46-31-26(8-5-16-38-31)29-13-17-39-32(41-29)40-23-7-6-18-42(19-23)33(43)47-34(2,3)4/h5,8-13,16-17,23H,6-7,14-15,18-21H2,1-4H3,(H,39,40,41)/t23-/m0/s1. The largest absolute Gasteiger partial charge is 0.444 e. The van der Waals surface area contributed by atoms with E-state index < -0.39 is 38.4 Å². The zero-order valence-corrected chi connectivity index (χ0v) is 28.2. The van der Waals surface area contributed by atoms with Gasteiger partial charge in [-0.1, -0.05) is 12.1 Å². The van der Waals surface area contributed by atoms with Crippen molar-refractivity contribution in [1.82, 2.24) is 19.9 Å². The number of hydrogen-bond acceptors (Lipinski definition) is 9. The van der Waals surface area contributed by atoms with Gasteiger partial charge in [0.1, 0.15) is 22.8 Å². The van der Waals surface area contributed by atoms with Crippen LogP contribution in [0.2, 0.25) is 0 Å². The van der Waals surface area contributed by atoms with Crippen molar-refractivity contribution in [2.45, 2.75) is 76.4 Å². The molecule has 1 amide bonds. The van der Waals surface area contributed by atoms with Crippen LogP contribution in [0.1, 0.15) is 57.6 Å². The van der Waals surface area contributed by atoms with Crippen LogP contribution in [0.3, 0.4) is 0 Å². The van der Waals surface area contributed by atoms with Crippen LogP contribution in [-0.4, -0.2) is 70.5 Å². The number of nitrogens with one attached hydrogen (secondary N) is 1. The smallest absolute Gasteiger partial charge is 0.410 e. The Balaban J connectivity index is 1.25. The molecule has 254 valence electrons. The number of nitrogens with zero attached hydrogens (tertiary/aromatic N) is 4. The molecule has 0 bridgehead atoms. The fourth-order valence-electron chi connectivity index (χ4n) is 5.86. The highest BCUT2D eigenvalue weighted by Gasteiger charge is 2.47. The summed E-state index contributed by atoms with van der Waals surface area (Å²) in [6.07, 6.45) is 4.87. The topological polar surface area (TPSA) is 124 Å². The van der Waals surface area contributed by atoms with Crippen LogP contribution < -0.4 is 10.1 Å².